The number of carboxylic acids is 1. The molecule has 0 aromatic heterocycles. The van der Waals surface area contributed by atoms with Crippen LogP contribution in [0.1, 0.15) is 20.7 Å². The van der Waals surface area contributed by atoms with E-state index in [1.807, 2.05) is 0 Å². The van der Waals surface area contributed by atoms with Crippen LogP contribution >= 0.6 is 11.6 Å². The summed E-state index contributed by atoms with van der Waals surface area (Å²) in [4.78, 5) is 9.83. The fourth-order valence-electron chi connectivity index (χ4n) is 0.371. The van der Waals surface area contributed by atoms with Crippen molar-refractivity contribution in [3.05, 3.63) is 0 Å². The maximum absolute atomic E-state index is 9.83. The zero-order valence-corrected chi connectivity index (χ0v) is 8.32. The Hall–Kier alpha value is 0.760. The molecule has 0 amide bonds. The van der Waals surface area contributed by atoms with Crippen molar-refractivity contribution in [2.24, 2.45) is 0 Å². The van der Waals surface area contributed by atoms with Gasteiger partial charge < -0.3 is 6.53 Å². The van der Waals surface area contributed by atoms with Gasteiger partial charge in [-0.2, -0.15) is 0 Å². The number of rotatable bonds is 4. The van der Waals surface area contributed by atoms with E-state index in [2.05, 4.69) is 0 Å². The van der Waals surface area contributed by atoms with Gasteiger partial charge in [-0.3, -0.25) is 4.79 Å². The van der Waals surface area contributed by atoms with Gasteiger partial charge in [-0.05, 0) is 12.8 Å². The first kappa shape index (κ1) is 12.4. The first-order chi connectivity index (χ1) is 3.77. The molecule has 0 heterocycles. The van der Waals surface area contributed by atoms with Crippen molar-refractivity contribution in [2.45, 2.75) is 19.3 Å². The molecular weight excluding hydrogens is 150 g/mol. The second-order valence-electron chi connectivity index (χ2n) is 1.54. The topological polar surface area (TPSA) is 37.3 Å². The summed E-state index contributed by atoms with van der Waals surface area (Å²) in [5.41, 5.74) is 0. The van der Waals surface area contributed by atoms with Crippen molar-refractivity contribution in [2.75, 3.05) is 5.88 Å². The number of unbranched alkanes of at least 4 members (excludes halogenated alkanes) is 1. The Morgan fingerprint density at radius 2 is 2.11 bits per heavy atom. The van der Waals surface area contributed by atoms with Crippen LogP contribution in [0.5, 0.6) is 0 Å². The largest absolute Gasteiger partial charge is 1.00 e. The number of halogens is 1. The molecule has 0 unspecified atom stereocenters. The number of alkyl halides is 1. The molecule has 0 saturated carbocycles. The first-order valence-electron chi connectivity index (χ1n) is 2.55. The van der Waals surface area contributed by atoms with Crippen LogP contribution < -0.4 is 29.6 Å². The van der Waals surface area contributed by atoms with E-state index in [1.165, 1.54) is 0 Å². The van der Waals surface area contributed by atoms with Gasteiger partial charge in [-0.15, -0.1) is 11.6 Å². The molecule has 50 valence electrons. The van der Waals surface area contributed by atoms with E-state index in [1.54, 1.807) is 0 Å². The quantitative estimate of drug-likeness (QED) is 0.312. The van der Waals surface area contributed by atoms with Crippen LogP contribution in [0.4, 0.5) is 0 Å². The molecule has 0 radical (unpaired) electrons. The Labute approximate surface area is 83.4 Å². The molecule has 2 nitrogen and oxygen atoms in total. The molecule has 0 aliphatic rings. The van der Waals surface area contributed by atoms with Crippen molar-refractivity contribution < 1.29 is 40.9 Å². The number of aliphatic carboxylic acids is 1. The fourth-order valence-corrected chi connectivity index (χ4v) is 0.560. The predicted molar refractivity (Wildman–Crippen MR) is 33.3 cm³/mol. The summed E-state index contributed by atoms with van der Waals surface area (Å²) in [6, 6.07) is 0. The smallest absolute Gasteiger partial charge is 1.00 e. The Morgan fingerprint density at radius 1 is 1.56 bits per heavy atom. The molecule has 0 fully saturated rings. The summed E-state index contributed by atoms with van der Waals surface area (Å²) in [6.45, 7) is 0. The van der Waals surface area contributed by atoms with Crippen LogP contribution in [0.2, 0.25) is 0 Å². The molecule has 0 aliphatic heterocycles. The average Bonchev–Trinajstić information content (AvgIpc) is 1.66. The van der Waals surface area contributed by atoms with Crippen molar-refractivity contribution in [3.8, 4) is 0 Å². The van der Waals surface area contributed by atoms with E-state index in [0.717, 1.165) is 6.42 Å². The maximum Gasteiger partial charge on any atom is 1.00 e. The molecular formula is C5H10ClNaO2. The van der Waals surface area contributed by atoms with Crippen LogP contribution in [0.3, 0.4) is 0 Å². The second kappa shape index (κ2) is 8.76. The fraction of sp³-hybridized carbons (Fsp3) is 0.800. The third kappa shape index (κ3) is 12.1. The monoisotopic (exact) mass is 160 g/mol. The molecule has 4 heteroatoms. The summed E-state index contributed by atoms with van der Waals surface area (Å²) in [5.74, 6) is -0.178. The summed E-state index contributed by atoms with van der Waals surface area (Å²) >= 11 is 5.29. The number of hydrogen-bond donors (Lipinski definition) is 1. The molecule has 0 aromatic rings. The Morgan fingerprint density at radius 3 is 2.44 bits per heavy atom. The molecule has 0 aliphatic carbocycles. The van der Waals surface area contributed by atoms with Gasteiger partial charge in [-0.25, -0.2) is 0 Å². The zero-order valence-electron chi connectivity index (χ0n) is 6.56. The molecule has 0 saturated heterocycles. The summed E-state index contributed by atoms with van der Waals surface area (Å²) in [7, 11) is 0. The summed E-state index contributed by atoms with van der Waals surface area (Å²) in [5, 5.41) is 8.10. The second-order valence-corrected chi connectivity index (χ2v) is 1.92. The third-order valence-corrected chi connectivity index (χ3v) is 1.04. The van der Waals surface area contributed by atoms with Gasteiger partial charge in [0.05, 0.1) is 0 Å². The van der Waals surface area contributed by atoms with Gasteiger partial charge >= 0.3 is 35.5 Å². The molecule has 0 aromatic carbocycles. The number of carbonyl (C=O) groups is 1. The van der Waals surface area contributed by atoms with Crippen molar-refractivity contribution in [3.63, 3.8) is 0 Å². The SMILES string of the molecule is O=C(O)CCCCCl.[H-].[Na+]. The van der Waals surface area contributed by atoms with Crippen LogP contribution in [0.25, 0.3) is 0 Å². The van der Waals surface area contributed by atoms with Crippen LogP contribution in [-0.2, 0) is 4.79 Å². The van der Waals surface area contributed by atoms with E-state index in [-0.39, 0.29) is 37.4 Å². The molecule has 0 spiro atoms. The molecule has 0 bridgehead atoms. The van der Waals surface area contributed by atoms with E-state index in [9.17, 15) is 4.79 Å². The molecule has 0 atom stereocenters. The van der Waals surface area contributed by atoms with Crippen molar-refractivity contribution in [1.82, 2.24) is 0 Å². The number of carboxylic acid groups (broad SMARTS) is 1. The van der Waals surface area contributed by atoms with Gasteiger partial charge in [0.25, 0.3) is 0 Å². The van der Waals surface area contributed by atoms with E-state index >= 15 is 0 Å². The third-order valence-electron chi connectivity index (χ3n) is 0.774. The minimum absolute atomic E-state index is 0. The van der Waals surface area contributed by atoms with E-state index in [4.69, 9.17) is 16.7 Å². The Balaban J connectivity index is -0.000000245. The van der Waals surface area contributed by atoms with Crippen molar-refractivity contribution in [1.29, 1.82) is 0 Å². The van der Waals surface area contributed by atoms with Crippen LogP contribution in [0, 0.1) is 0 Å². The van der Waals surface area contributed by atoms with Crippen LogP contribution in [0.15, 0.2) is 0 Å². The van der Waals surface area contributed by atoms with Gasteiger partial charge in [0.2, 0.25) is 0 Å². The van der Waals surface area contributed by atoms with Gasteiger partial charge in [0.1, 0.15) is 0 Å². The predicted octanol–water partition coefficient (Wildman–Crippen LogP) is -1.40. The van der Waals surface area contributed by atoms with Gasteiger partial charge in [0.15, 0.2) is 0 Å². The van der Waals surface area contributed by atoms with Crippen molar-refractivity contribution >= 4 is 17.6 Å². The van der Waals surface area contributed by atoms with Crippen LogP contribution in [-0.4, -0.2) is 17.0 Å². The van der Waals surface area contributed by atoms with Gasteiger partial charge in [-0.1, -0.05) is 0 Å². The molecule has 1 N–H and O–H groups in total. The zero-order chi connectivity index (χ0) is 6.41. The minimum atomic E-state index is -0.741. The average molecular weight is 161 g/mol. The molecule has 9 heavy (non-hydrogen) atoms. The maximum atomic E-state index is 9.83. The Bertz CT molecular complexity index is 82.0. The normalized spacial score (nSPS) is 8.11. The summed E-state index contributed by atoms with van der Waals surface area (Å²) < 4.78 is 0. The van der Waals surface area contributed by atoms with Gasteiger partial charge in [0, 0.05) is 12.3 Å². The van der Waals surface area contributed by atoms with E-state index < -0.39 is 5.97 Å². The van der Waals surface area contributed by atoms with E-state index in [0.29, 0.717) is 12.3 Å². The Kier molecular flexibility index (Phi) is 12.1. The number of hydrogen-bond acceptors (Lipinski definition) is 1. The molecule has 0 rings (SSSR count). The minimum Gasteiger partial charge on any atom is -1.00 e. The first-order valence-corrected chi connectivity index (χ1v) is 3.08. The summed E-state index contributed by atoms with van der Waals surface area (Å²) in [6.07, 6.45) is 1.74. The standard InChI is InChI=1S/C5H9ClO2.Na.H/c6-4-2-1-3-5(7)8;;/h1-4H2,(H,7,8);;/q;+1;-1.